The number of hydrogen-bond donors (Lipinski definition) is 1. The molecule has 84 valence electrons. The lowest BCUT2D eigenvalue weighted by molar-refractivity contribution is 0.118. The fourth-order valence-electron chi connectivity index (χ4n) is 1.72. The standard InChI is InChI=1S/C9H16N4OS/c1-12-6-8(5-11-12)13(15-10)7-9-3-2-4-14-9/h5-6,9H,2-4,7,10H2,1H3. The van der Waals surface area contributed by atoms with E-state index in [0.29, 0.717) is 6.10 Å². The first-order valence-electron chi connectivity index (χ1n) is 5.04. The summed E-state index contributed by atoms with van der Waals surface area (Å²) in [6, 6.07) is 0. The van der Waals surface area contributed by atoms with Crippen molar-refractivity contribution >= 4 is 17.8 Å². The number of aromatic nitrogens is 2. The van der Waals surface area contributed by atoms with Gasteiger partial charge in [0.1, 0.15) is 0 Å². The van der Waals surface area contributed by atoms with E-state index in [1.54, 1.807) is 4.68 Å². The zero-order valence-electron chi connectivity index (χ0n) is 8.80. The van der Waals surface area contributed by atoms with Gasteiger partial charge in [-0.25, -0.2) is 0 Å². The molecule has 1 aromatic rings. The van der Waals surface area contributed by atoms with E-state index in [1.165, 1.54) is 12.1 Å². The maximum Gasteiger partial charge on any atom is 0.0862 e. The smallest absolute Gasteiger partial charge is 0.0862 e. The molecule has 1 fully saturated rings. The molecule has 2 N–H and O–H groups in total. The summed E-state index contributed by atoms with van der Waals surface area (Å²) in [5.41, 5.74) is 1.03. The van der Waals surface area contributed by atoms with Crippen LogP contribution in [-0.2, 0) is 11.8 Å². The summed E-state index contributed by atoms with van der Waals surface area (Å²) in [4.78, 5) is 0. The van der Waals surface area contributed by atoms with Gasteiger partial charge in [-0.3, -0.25) is 14.1 Å². The molecule has 1 aliphatic heterocycles. The van der Waals surface area contributed by atoms with Crippen molar-refractivity contribution in [2.75, 3.05) is 17.5 Å². The second-order valence-electron chi connectivity index (χ2n) is 3.67. The highest BCUT2D eigenvalue weighted by Crippen LogP contribution is 2.22. The number of ether oxygens (including phenoxy) is 1. The molecule has 0 saturated carbocycles. The summed E-state index contributed by atoms with van der Waals surface area (Å²) in [5, 5.41) is 9.77. The Morgan fingerprint density at radius 3 is 3.20 bits per heavy atom. The highest BCUT2D eigenvalue weighted by atomic mass is 32.2. The first-order chi connectivity index (χ1) is 7.29. The van der Waals surface area contributed by atoms with Crippen LogP contribution in [0, 0.1) is 0 Å². The van der Waals surface area contributed by atoms with Crippen molar-refractivity contribution in [1.29, 1.82) is 0 Å². The molecular formula is C9H16N4OS. The normalized spacial score (nSPS) is 20.8. The van der Waals surface area contributed by atoms with E-state index in [1.807, 2.05) is 23.7 Å². The third-order valence-corrected chi connectivity index (χ3v) is 3.11. The van der Waals surface area contributed by atoms with Crippen molar-refractivity contribution in [3.05, 3.63) is 12.4 Å². The van der Waals surface area contributed by atoms with Gasteiger partial charge in [-0.05, 0) is 12.8 Å². The van der Waals surface area contributed by atoms with Gasteiger partial charge in [0.25, 0.3) is 0 Å². The molecule has 15 heavy (non-hydrogen) atoms. The molecule has 0 aliphatic carbocycles. The van der Waals surface area contributed by atoms with Crippen LogP contribution in [0.1, 0.15) is 12.8 Å². The summed E-state index contributed by atoms with van der Waals surface area (Å²) in [5.74, 6) is 0. The van der Waals surface area contributed by atoms with Gasteiger partial charge in [0, 0.05) is 32.0 Å². The Kier molecular flexibility index (Phi) is 3.50. The van der Waals surface area contributed by atoms with Gasteiger partial charge in [0.2, 0.25) is 0 Å². The van der Waals surface area contributed by atoms with Gasteiger partial charge in [-0.1, -0.05) is 0 Å². The van der Waals surface area contributed by atoms with Gasteiger partial charge >= 0.3 is 0 Å². The Balaban J connectivity index is 1.97. The molecule has 1 aromatic heterocycles. The van der Waals surface area contributed by atoms with Gasteiger partial charge in [0.15, 0.2) is 0 Å². The van der Waals surface area contributed by atoms with Crippen LogP contribution in [0.5, 0.6) is 0 Å². The monoisotopic (exact) mass is 228 g/mol. The Morgan fingerprint density at radius 1 is 1.80 bits per heavy atom. The summed E-state index contributed by atoms with van der Waals surface area (Å²) >= 11 is 1.22. The minimum absolute atomic E-state index is 0.307. The molecule has 0 aromatic carbocycles. The number of nitrogens with zero attached hydrogens (tertiary/aromatic N) is 3. The quantitative estimate of drug-likeness (QED) is 0.777. The maximum atomic E-state index is 5.64. The molecule has 0 amide bonds. The Morgan fingerprint density at radius 2 is 2.67 bits per heavy atom. The average molecular weight is 228 g/mol. The molecule has 0 radical (unpaired) electrons. The molecule has 0 bridgehead atoms. The molecule has 1 saturated heterocycles. The van der Waals surface area contributed by atoms with E-state index in [2.05, 4.69) is 5.10 Å². The lowest BCUT2D eigenvalue weighted by Gasteiger charge is -2.21. The first-order valence-corrected chi connectivity index (χ1v) is 5.88. The number of aryl methyl sites for hydroxylation is 1. The number of anilines is 1. The third kappa shape index (κ3) is 2.64. The van der Waals surface area contributed by atoms with Crippen molar-refractivity contribution in [1.82, 2.24) is 9.78 Å². The second kappa shape index (κ2) is 4.87. The molecule has 2 heterocycles. The SMILES string of the molecule is Cn1cc(N(CC2CCCO2)SN)cn1. The van der Waals surface area contributed by atoms with Crippen LogP contribution in [0.3, 0.4) is 0 Å². The van der Waals surface area contributed by atoms with Crippen LogP contribution in [-0.4, -0.2) is 29.0 Å². The molecule has 1 atom stereocenters. The van der Waals surface area contributed by atoms with Crippen LogP contribution < -0.4 is 9.44 Å². The van der Waals surface area contributed by atoms with Crippen LogP contribution in [0.15, 0.2) is 12.4 Å². The zero-order chi connectivity index (χ0) is 10.7. The molecule has 5 nitrogen and oxygen atoms in total. The largest absolute Gasteiger partial charge is 0.376 e. The molecule has 0 spiro atoms. The Bertz CT molecular complexity index is 311. The Labute approximate surface area is 93.8 Å². The topological polar surface area (TPSA) is 56.3 Å². The van der Waals surface area contributed by atoms with Crippen LogP contribution in [0.2, 0.25) is 0 Å². The van der Waals surface area contributed by atoms with Crippen LogP contribution in [0.4, 0.5) is 5.69 Å². The fourth-order valence-corrected chi connectivity index (χ4v) is 2.19. The summed E-state index contributed by atoms with van der Waals surface area (Å²) < 4.78 is 9.36. The number of hydrogen-bond acceptors (Lipinski definition) is 5. The first kappa shape index (κ1) is 10.8. The van der Waals surface area contributed by atoms with Crippen molar-refractivity contribution in [3.63, 3.8) is 0 Å². The highest BCUT2D eigenvalue weighted by molar-refractivity contribution is 7.98. The van der Waals surface area contributed by atoms with E-state index in [4.69, 9.17) is 9.88 Å². The van der Waals surface area contributed by atoms with Gasteiger partial charge in [0.05, 0.1) is 24.5 Å². The summed E-state index contributed by atoms with van der Waals surface area (Å²) in [7, 11) is 1.90. The van der Waals surface area contributed by atoms with E-state index in [0.717, 1.165) is 31.7 Å². The van der Waals surface area contributed by atoms with Crippen LogP contribution in [0.25, 0.3) is 0 Å². The van der Waals surface area contributed by atoms with Gasteiger partial charge < -0.3 is 4.74 Å². The lowest BCUT2D eigenvalue weighted by Crippen LogP contribution is -2.27. The van der Waals surface area contributed by atoms with Gasteiger partial charge in [-0.15, -0.1) is 0 Å². The van der Waals surface area contributed by atoms with Crippen molar-refractivity contribution in [3.8, 4) is 0 Å². The van der Waals surface area contributed by atoms with Crippen molar-refractivity contribution in [2.24, 2.45) is 12.2 Å². The summed E-state index contributed by atoms with van der Waals surface area (Å²) in [6.45, 7) is 1.70. The molecule has 1 unspecified atom stereocenters. The van der Waals surface area contributed by atoms with E-state index < -0.39 is 0 Å². The van der Waals surface area contributed by atoms with E-state index in [-0.39, 0.29) is 0 Å². The fraction of sp³-hybridized carbons (Fsp3) is 0.667. The molecule has 2 rings (SSSR count). The molecule has 1 aliphatic rings. The number of nitrogens with two attached hydrogens (primary N) is 1. The predicted octanol–water partition coefficient (Wildman–Crippen LogP) is 0.927. The van der Waals surface area contributed by atoms with E-state index >= 15 is 0 Å². The number of rotatable bonds is 4. The van der Waals surface area contributed by atoms with Gasteiger partial charge in [-0.2, -0.15) is 5.10 Å². The minimum atomic E-state index is 0.307. The van der Waals surface area contributed by atoms with E-state index in [9.17, 15) is 0 Å². The lowest BCUT2D eigenvalue weighted by atomic mass is 10.2. The molecule has 6 heteroatoms. The Hall–Kier alpha value is -0.720. The highest BCUT2D eigenvalue weighted by Gasteiger charge is 2.20. The second-order valence-corrected chi connectivity index (χ2v) is 4.33. The van der Waals surface area contributed by atoms with Crippen LogP contribution >= 0.6 is 12.1 Å². The minimum Gasteiger partial charge on any atom is -0.376 e. The van der Waals surface area contributed by atoms with Crippen molar-refractivity contribution in [2.45, 2.75) is 18.9 Å². The maximum absolute atomic E-state index is 5.64. The predicted molar refractivity (Wildman–Crippen MR) is 61.3 cm³/mol. The average Bonchev–Trinajstić information content (AvgIpc) is 2.85. The zero-order valence-corrected chi connectivity index (χ0v) is 9.61. The summed E-state index contributed by atoms with van der Waals surface area (Å²) in [6.07, 6.45) is 6.35. The third-order valence-electron chi connectivity index (χ3n) is 2.50. The molecular weight excluding hydrogens is 212 g/mol. The van der Waals surface area contributed by atoms with Crippen molar-refractivity contribution < 1.29 is 4.74 Å².